The lowest BCUT2D eigenvalue weighted by atomic mass is 10.2. The Kier molecular flexibility index (Phi) is 6.22. The van der Waals surface area contributed by atoms with Gasteiger partial charge in [-0.3, -0.25) is 19.7 Å². The molecule has 0 bridgehead atoms. The lowest BCUT2D eigenvalue weighted by Gasteiger charge is -2.04. The zero-order valence-electron chi connectivity index (χ0n) is 15.6. The summed E-state index contributed by atoms with van der Waals surface area (Å²) in [6.45, 7) is -0.338. The van der Waals surface area contributed by atoms with E-state index in [0.717, 1.165) is 23.5 Å². The minimum absolute atomic E-state index is 0.00811. The second-order valence-corrected chi connectivity index (χ2v) is 9.06. The van der Waals surface area contributed by atoms with Gasteiger partial charge < -0.3 is 9.30 Å². The number of sulfonamides is 1. The zero-order chi connectivity index (χ0) is 22.9. The van der Waals surface area contributed by atoms with E-state index >= 15 is 0 Å². The van der Waals surface area contributed by atoms with Crippen LogP contribution in [0.1, 0.15) is 10.4 Å². The molecule has 3 aromatic rings. The van der Waals surface area contributed by atoms with Crippen LogP contribution in [0.25, 0.3) is 10.2 Å². The molecule has 31 heavy (non-hydrogen) atoms. The van der Waals surface area contributed by atoms with Crippen molar-refractivity contribution in [2.24, 2.45) is 10.1 Å². The smallest absolute Gasteiger partial charge is 0.325 e. The molecule has 0 radical (unpaired) electrons. The van der Waals surface area contributed by atoms with Gasteiger partial charge in [-0.15, -0.1) is 0 Å². The molecule has 0 fully saturated rings. The van der Waals surface area contributed by atoms with Crippen molar-refractivity contribution < 1.29 is 27.7 Å². The summed E-state index contributed by atoms with van der Waals surface area (Å²) >= 11 is 6.76. The first-order valence-electron chi connectivity index (χ1n) is 8.27. The number of halogens is 1. The fourth-order valence-electron chi connectivity index (χ4n) is 2.65. The topological polar surface area (TPSA) is 164 Å². The first kappa shape index (κ1) is 22.6. The van der Waals surface area contributed by atoms with E-state index in [1.807, 2.05) is 0 Å². The Morgan fingerprint density at radius 1 is 1.29 bits per heavy atom. The second-order valence-electron chi connectivity index (χ2n) is 6.06. The number of nitro groups is 1. The number of rotatable bonds is 5. The second kappa shape index (κ2) is 8.55. The predicted molar refractivity (Wildman–Crippen MR) is 111 cm³/mol. The van der Waals surface area contributed by atoms with E-state index in [0.29, 0.717) is 10.2 Å². The number of primary sulfonamides is 1. The van der Waals surface area contributed by atoms with Gasteiger partial charge in [0.25, 0.3) is 11.6 Å². The molecule has 0 aliphatic rings. The van der Waals surface area contributed by atoms with Crippen LogP contribution in [0.15, 0.2) is 46.3 Å². The van der Waals surface area contributed by atoms with Crippen molar-refractivity contribution in [3.8, 4) is 0 Å². The number of nitrogens with zero attached hydrogens (tertiary/aromatic N) is 3. The number of carbonyl (C=O) groups excluding carboxylic acids is 2. The van der Waals surface area contributed by atoms with Gasteiger partial charge in [0.05, 0.1) is 27.1 Å². The van der Waals surface area contributed by atoms with Crippen LogP contribution >= 0.6 is 22.9 Å². The molecule has 0 saturated heterocycles. The van der Waals surface area contributed by atoms with Crippen LogP contribution in [-0.4, -0.2) is 36.9 Å². The Hall–Kier alpha value is -3.13. The van der Waals surface area contributed by atoms with E-state index in [-0.39, 0.29) is 26.8 Å². The van der Waals surface area contributed by atoms with Crippen LogP contribution < -0.4 is 9.94 Å². The molecule has 0 saturated carbocycles. The standard InChI is InChI=1S/C17H13ClN4O7S2/c1-29-15(23)8-21-13-5-3-10(31(19,27)28)7-14(13)30-17(21)20-16(24)11-6-9(18)2-4-12(11)22(25)26/h2-7H,8H2,1H3,(H2,19,27,28). The predicted octanol–water partition coefficient (Wildman–Crippen LogP) is 1.83. The molecule has 1 amide bonds. The zero-order valence-corrected chi connectivity index (χ0v) is 18.0. The Morgan fingerprint density at radius 2 is 2.00 bits per heavy atom. The summed E-state index contributed by atoms with van der Waals surface area (Å²) in [7, 11) is -2.82. The number of amides is 1. The Bertz CT molecular complexity index is 1410. The summed E-state index contributed by atoms with van der Waals surface area (Å²) in [6.07, 6.45) is 0. The van der Waals surface area contributed by atoms with Crippen LogP contribution in [0.2, 0.25) is 5.02 Å². The van der Waals surface area contributed by atoms with E-state index in [4.69, 9.17) is 16.7 Å². The summed E-state index contributed by atoms with van der Waals surface area (Å²) in [5.74, 6) is -1.62. The maximum Gasteiger partial charge on any atom is 0.325 e. The van der Waals surface area contributed by atoms with Gasteiger partial charge in [-0.25, -0.2) is 13.6 Å². The third-order valence-electron chi connectivity index (χ3n) is 4.08. The van der Waals surface area contributed by atoms with Crippen molar-refractivity contribution in [3.63, 3.8) is 0 Å². The van der Waals surface area contributed by atoms with Crippen LogP contribution in [0.4, 0.5) is 5.69 Å². The molecule has 3 rings (SSSR count). The van der Waals surface area contributed by atoms with Gasteiger partial charge in [0.1, 0.15) is 12.1 Å². The summed E-state index contributed by atoms with van der Waals surface area (Å²) in [5.41, 5.74) is -0.449. The molecule has 0 atom stereocenters. The summed E-state index contributed by atoms with van der Waals surface area (Å²) in [6, 6.07) is 7.38. The third kappa shape index (κ3) is 4.80. The Morgan fingerprint density at radius 3 is 2.61 bits per heavy atom. The van der Waals surface area contributed by atoms with Crippen LogP contribution in [-0.2, 0) is 26.1 Å². The normalized spacial score (nSPS) is 12.2. The van der Waals surface area contributed by atoms with Crippen LogP contribution in [0, 0.1) is 10.1 Å². The van der Waals surface area contributed by atoms with Crippen LogP contribution in [0.3, 0.4) is 0 Å². The number of hydrogen-bond donors (Lipinski definition) is 1. The lowest BCUT2D eigenvalue weighted by molar-refractivity contribution is -0.385. The monoisotopic (exact) mass is 484 g/mol. The lowest BCUT2D eigenvalue weighted by Crippen LogP contribution is -2.22. The molecule has 0 unspecified atom stereocenters. The van der Waals surface area contributed by atoms with E-state index in [9.17, 15) is 28.1 Å². The van der Waals surface area contributed by atoms with Crippen molar-refractivity contribution in [2.45, 2.75) is 11.4 Å². The Balaban J connectivity index is 2.25. The molecule has 0 spiro atoms. The first-order chi connectivity index (χ1) is 14.5. The van der Waals surface area contributed by atoms with Crippen molar-refractivity contribution in [3.05, 3.63) is 61.9 Å². The number of fused-ring (bicyclic) bond motifs is 1. The van der Waals surface area contributed by atoms with Crippen molar-refractivity contribution in [1.82, 2.24) is 4.57 Å². The number of ether oxygens (including phenoxy) is 1. The quantitative estimate of drug-likeness (QED) is 0.327. The number of hydrogen-bond acceptors (Lipinski definition) is 8. The minimum Gasteiger partial charge on any atom is -0.468 e. The number of benzene rings is 2. The van der Waals surface area contributed by atoms with Gasteiger partial charge in [0.2, 0.25) is 10.0 Å². The number of esters is 1. The summed E-state index contributed by atoms with van der Waals surface area (Å²) < 4.78 is 29.6. The molecule has 1 heterocycles. The molecule has 14 heteroatoms. The Labute approximate surface area is 183 Å². The summed E-state index contributed by atoms with van der Waals surface area (Å²) in [5, 5.41) is 16.5. The van der Waals surface area contributed by atoms with Gasteiger partial charge in [-0.2, -0.15) is 4.99 Å². The molecule has 1 aromatic heterocycles. The highest BCUT2D eigenvalue weighted by molar-refractivity contribution is 7.89. The van der Waals surface area contributed by atoms with Gasteiger partial charge in [0, 0.05) is 11.1 Å². The molecule has 162 valence electrons. The van der Waals surface area contributed by atoms with Crippen molar-refractivity contribution in [1.29, 1.82) is 0 Å². The number of thiazole rings is 1. The van der Waals surface area contributed by atoms with Gasteiger partial charge in [0.15, 0.2) is 4.80 Å². The number of nitrogens with two attached hydrogens (primary N) is 1. The molecule has 2 N–H and O–H groups in total. The van der Waals surface area contributed by atoms with E-state index in [1.54, 1.807) is 0 Å². The van der Waals surface area contributed by atoms with Crippen molar-refractivity contribution >= 4 is 60.7 Å². The number of methoxy groups -OCH3 is 1. The molecular formula is C17H13ClN4O7S2. The molecule has 0 aliphatic carbocycles. The third-order valence-corrected chi connectivity index (χ3v) is 6.27. The van der Waals surface area contributed by atoms with Gasteiger partial charge in [-0.05, 0) is 30.3 Å². The average Bonchev–Trinajstić information content (AvgIpc) is 3.03. The van der Waals surface area contributed by atoms with Gasteiger partial charge >= 0.3 is 5.97 Å². The van der Waals surface area contributed by atoms with E-state index in [2.05, 4.69) is 9.73 Å². The average molecular weight is 485 g/mol. The highest BCUT2D eigenvalue weighted by Gasteiger charge is 2.21. The van der Waals surface area contributed by atoms with Crippen LogP contribution in [0.5, 0.6) is 0 Å². The van der Waals surface area contributed by atoms with E-state index < -0.39 is 32.5 Å². The number of nitro benzene ring substituents is 1. The molecule has 0 aliphatic heterocycles. The van der Waals surface area contributed by atoms with E-state index in [1.165, 1.54) is 35.9 Å². The van der Waals surface area contributed by atoms with Crippen molar-refractivity contribution in [2.75, 3.05) is 7.11 Å². The number of carbonyl (C=O) groups is 2. The maximum absolute atomic E-state index is 12.7. The highest BCUT2D eigenvalue weighted by atomic mass is 35.5. The highest BCUT2D eigenvalue weighted by Crippen LogP contribution is 2.24. The van der Waals surface area contributed by atoms with Gasteiger partial charge in [-0.1, -0.05) is 22.9 Å². The number of aromatic nitrogens is 1. The largest absolute Gasteiger partial charge is 0.468 e. The first-order valence-corrected chi connectivity index (χ1v) is 11.0. The molecule has 11 nitrogen and oxygen atoms in total. The molecule has 2 aromatic carbocycles. The SMILES string of the molecule is COC(=O)Cn1c(=NC(=O)c2cc(Cl)ccc2[N+](=O)[O-])sc2cc(S(N)(=O)=O)ccc21. The summed E-state index contributed by atoms with van der Waals surface area (Å²) in [4.78, 5) is 38.8. The maximum atomic E-state index is 12.7. The fourth-order valence-corrected chi connectivity index (χ4v) is 4.50. The fraction of sp³-hybridized carbons (Fsp3) is 0.118. The molecular weight excluding hydrogens is 472 g/mol. The minimum atomic E-state index is -3.99.